The molecule has 0 radical (unpaired) electrons. The average Bonchev–Trinajstić information content (AvgIpc) is 3.10. The smallest absolute Gasteiger partial charge is 0.289 e. The largest absolute Gasteiger partial charge is 0.335 e. The van der Waals surface area contributed by atoms with E-state index < -0.39 is 5.82 Å². The molecule has 0 bridgehead atoms. The number of fused-ring (bicyclic) bond motifs is 2. The van der Waals surface area contributed by atoms with Crippen LogP contribution in [0, 0.1) is 17.7 Å². The summed E-state index contributed by atoms with van der Waals surface area (Å²) in [5.41, 5.74) is 0.803. The zero-order chi connectivity index (χ0) is 14.6. The number of H-pyrrole nitrogens is 1. The highest BCUT2D eigenvalue weighted by Crippen LogP contribution is 2.31. The maximum absolute atomic E-state index is 13.7. The standard InChI is InChI=1S/C15H17FN4O/c1-19-5-9-7-20(8-10(9)6-19)15(21)14-17-12-4-2-3-11(16)13(12)18-14/h2-4,9-10H,5-8H2,1H3,(H,17,18)/t9-,10+. The van der Waals surface area contributed by atoms with E-state index >= 15 is 0 Å². The number of amides is 1. The Morgan fingerprint density at radius 2 is 2.00 bits per heavy atom. The molecule has 5 nitrogen and oxygen atoms in total. The van der Waals surface area contributed by atoms with Crippen LogP contribution in [0.3, 0.4) is 0 Å². The maximum Gasteiger partial charge on any atom is 0.289 e. The summed E-state index contributed by atoms with van der Waals surface area (Å²) in [7, 11) is 2.12. The summed E-state index contributed by atoms with van der Waals surface area (Å²) in [5, 5.41) is 0. The van der Waals surface area contributed by atoms with Crippen LogP contribution in [0.5, 0.6) is 0 Å². The summed E-state index contributed by atoms with van der Waals surface area (Å²) < 4.78 is 13.7. The van der Waals surface area contributed by atoms with Gasteiger partial charge in [-0.2, -0.15) is 0 Å². The van der Waals surface area contributed by atoms with E-state index in [1.54, 1.807) is 12.1 Å². The Balaban J connectivity index is 1.58. The molecule has 1 aromatic heterocycles. The highest BCUT2D eigenvalue weighted by atomic mass is 19.1. The zero-order valence-electron chi connectivity index (χ0n) is 11.8. The number of nitrogens with one attached hydrogen (secondary N) is 1. The first-order valence-corrected chi connectivity index (χ1v) is 7.24. The topological polar surface area (TPSA) is 52.2 Å². The molecule has 0 saturated carbocycles. The normalized spacial score (nSPS) is 25.7. The quantitative estimate of drug-likeness (QED) is 0.861. The van der Waals surface area contributed by atoms with Crippen molar-refractivity contribution in [2.24, 2.45) is 11.8 Å². The lowest BCUT2D eigenvalue weighted by molar-refractivity contribution is 0.0765. The minimum atomic E-state index is -0.400. The number of hydrogen-bond acceptors (Lipinski definition) is 3. The van der Waals surface area contributed by atoms with Crippen LogP contribution in [0.25, 0.3) is 11.0 Å². The third-order valence-electron chi connectivity index (χ3n) is 4.62. The van der Waals surface area contributed by atoms with Crippen molar-refractivity contribution in [1.29, 1.82) is 0 Å². The summed E-state index contributed by atoms with van der Waals surface area (Å²) in [5.74, 6) is 0.828. The molecular formula is C15H17FN4O. The van der Waals surface area contributed by atoms with Crippen LogP contribution >= 0.6 is 0 Å². The number of aromatic amines is 1. The third kappa shape index (κ3) is 2.01. The molecule has 2 aliphatic rings. The molecule has 6 heteroatoms. The van der Waals surface area contributed by atoms with E-state index in [9.17, 15) is 9.18 Å². The first kappa shape index (κ1) is 12.8. The lowest BCUT2D eigenvalue weighted by Crippen LogP contribution is -2.32. The van der Waals surface area contributed by atoms with Gasteiger partial charge in [0.25, 0.3) is 5.91 Å². The van der Waals surface area contributed by atoms with Crippen molar-refractivity contribution < 1.29 is 9.18 Å². The van der Waals surface area contributed by atoms with Gasteiger partial charge in [-0.15, -0.1) is 0 Å². The fourth-order valence-corrected chi connectivity index (χ4v) is 3.64. The van der Waals surface area contributed by atoms with E-state index in [4.69, 9.17) is 0 Å². The van der Waals surface area contributed by atoms with Gasteiger partial charge in [0, 0.05) is 26.2 Å². The Kier molecular flexibility index (Phi) is 2.75. The van der Waals surface area contributed by atoms with Gasteiger partial charge < -0.3 is 14.8 Å². The van der Waals surface area contributed by atoms with Crippen molar-refractivity contribution in [2.75, 3.05) is 33.2 Å². The molecule has 3 heterocycles. The number of nitrogens with zero attached hydrogens (tertiary/aromatic N) is 3. The van der Waals surface area contributed by atoms with Gasteiger partial charge in [0.15, 0.2) is 11.6 Å². The van der Waals surface area contributed by atoms with Crippen molar-refractivity contribution in [3.8, 4) is 0 Å². The number of carbonyl (C=O) groups excluding carboxylic acids is 1. The molecule has 0 aliphatic carbocycles. The van der Waals surface area contributed by atoms with E-state index in [2.05, 4.69) is 21.9 Å². The number of halogens is 1. The van der Waals surface area contributed by atoms with Crippen LogP contribution in [0.1, 0.15) is 10.6 Å². The van der Waals surface area contributed by atoms with Gasteiger partial charge in [0.2, 0.25) is 0 Å². The second-order valence-corrected chi connectivity index (χ2v) is 6.17. The molecule has 1 N–H and O–H groups in total. The van der Waals surface area contributed by atoms with Crippen LogP contribution in [0.2, 0.25) is 0 Å². The van der Waals surface area contributed by atoms with Gasteiger partial charge in [0.1, 0.15) is 5.52 Å². The first-order chi connectivity index (χ1) is 10.1. The maximum atomic E-state index is 13.7. The number of benzene rings is 1. The Morgan fingerprint density at radius 1 is 1.29 bits per heavy atom. The molecule has 1 amide bonds. The van der Waals surface area contributed by atoms with Crippen LogP contribution in [0.4, 0.5) is 4.39 Å². The van der Waals surface area contributed by atoms with Crippen LogP contribution in [-0.4, -0.2) is 58.9 Å². The summed E-state index contributed by atoms with van der Waals surface area (Å²) in [6.45, 7) is 3.63. The Hall–Kier alpha value is -1.95. The van der Waals surface area contributed by atoms with Crippen LogP contribution in [-0.2, 0) is 0 Å². The molecule has 1 aromatic carbocycles. The predicted molar refractivity (Wildman–Crippen MR) is 76.4 cm³/mol. The van der Waals surface area contributed by atoms with Crippen molar-refractivity contribution in [1.82, 2.24) is 19.8 Å². The summed E-state index contributed by atoms with van der Waals surface area (Å²) in [6, 6.07) is 4.70. The Bertz CT molecular complexity index is 699. The highest BCUT2D eigenvalue weighted by molar-refractivity contribution is 5.94. The number of rotatable bonds is 1. The molecule has 21 heavy (non-hydrogen) atoms. The van der Waals surface area contributed by atoms with Gasteiger partial charge in [-0.1, -0.05) is 6.07 Å². The number of likely N-dealkylation sites (tertiary alicyclic amines) is 2. The van der Waals surface area contributed by atoms with E-state index in [-0.39, 0.29) is 17.2 Å². The fraction of sp³-hybridized carbons (Fsp3) is 0.467. The number of imidazole rings is 1. The molecule has 2 aliphatic heterocycles. The average molecular weight is 288 g/mol. The monoisotopic (exact) mass is 288 g/mol. The summed E-state index contributed by atoms with van der Waals surface area (Å²) in [4.78, 5) is 23.8. The molecule has 0 spiro atoms. The molecule has 2 aromatic rings. The van der Waals surface area contributed by atoms with Gasteiger partial charge in [0.05, 0.1) is 5.52 Å². The number of carbonyl (C=O) groups is 1. The third-order valence-corrected chi connectivity index (χ3v) is 4.62. The highest BCUT2D eigenvalue weighted by Gasteiger charge is 2.41. The SMILES string of the molecule is CN1C[C@@H]2CN(C(=O)c3nc4c(F)cccc4[nH]3)C[C@@H]2C1. The fourth-order valence-electron chi connectivity index (χ4n) is 3.64. The second kappa shape index (κ2) is 4.53. The predicted octanol–water partition coefficient (Wildman–Crippen LogP) is 1.34. The van der Waals surface area contributed by atoms with Gasteiger partial charge in [-0.25, -0.2) is 9.37 Å². The summed E-state index contributed by atoms with van der Waals surface area (Å²) in [6.07, 6.45) is 0. The Morgan fingerprint density at radius 3 is 2.67 bits per heavy atom. The molecule has 110 valence electrons. The van der Waals surface area contributed by atoms with Crippen LogP contribution < -0.4 is 0 Å². The second-order valence-electron chi connectivity index (χ2n) is 6.17. The lowest BCUT2D eigenvalue weighted by atomic mass is 10.0. The summed E-state index contributed by atoms with van der Waals surface area (Å²) >= 11 is 0. The molecule has 0 unspecified atom stereocenters. The minimum absolute atomic E-state index is 0.123. The number of para-hydroxylation sites is 1. The molecule has 2 atom stereocenters. The Labute approximate surface area is 121 Å². The van der Waals surface area contributed by atoms with Gasteiger partial charge in [-0.05, 0) is 31.0 Å². The zero-order valence-corrected chi connectivity index (χ0v) is 11.8. The number of hydrogen-bond donors (Lipinski definition) is 1. The van der Waals surface area contributed by atoms with E-state index in [1.165, 1.54) is 6.07 Å². The van der Waals surface area contributed by atoms with E-state index in [1.807, 2.05) is 4.90 Å². The molecule has 4 rings (SSSR count). The van der Waals surface area contributed by atoms with Gasteiger partial charge >= 0.3 is 0 Å². The molecule has 2 saturated heterocycles. The van der Waals surface area contributed by atoms with Crippen molar-refractivity contribution in [3.05, 3.63) is 29.8 Å². The van der Waals surface area contributed by atoms with Crippen LogP contribution in [0.15, 0.2) is 18.2 Å². The molecular weight excluding hydrogens is 271 g/mol. The first-order valence-electron chi connectivity index (χ1n) is 7.24. The minimum Gasteiger partial charge on any atom is -0.335 e. The van der Waals surface area contributed by atoms with Crippen molar-refractivity contribution >= 4 is 16.9 Å². The van der Waals surface area contributed by atoms with Crippen molar-refractivity contribution in [2.45, 2.75) is 0 Å². The van der Waals surface area contributed by atoms with E-state index in [0.29, 0.717) is 17.4 Å². The number of aromatic nitrogens is 2. The van der Waals surface area contributed by atoms with Crippen molar-refractivity contribution in [3.63, 3.8) is 0 Å². The van der Waals surface area contributed by atoms with E-state index in [0.717, 1.165) is 26.2 Å². The molecule has 2 fully saturated rings. The lowest BCUT2D eigenvalue weighted by Gasteiger charge is -2.18. The van der Waals surface area contributed by atoms with Gasteiger partial charge in [-0.3, -0.25) is 4.79 Å².